The Morgan fingerprint density at radius 1 is 0.775 bits per heavy atom. The Morgan fingerprint density at radius 2 is 1.25 bits per heavy atom. The van der Waals surface area contributed by atoms with Crippen molar-refractivity contribution >= 4 is 56.9 Å². The van der Waals surface area contributed by atoms with E-state index in [0.29, 0.717) is 39.0 Å². The van der Waals surface area contributed by atoms with Crippen molar-refractivity contribution in [1.29, 1.82) is 0 Å². The second-order valence-corrected chi connectivity index (χ2v) is 10.4. The van der Waals surface area contributed by atoms with Gasteiger partial charge in [-0.05, 0) is 69.5 Å². The number of methoxy groups -OCH3 is 4. The highest BCUT2D eigenvalue weighted by molar-refractivity contribution is 9.10. The Bertz CT molecular complexity index is 1350. The van der Waals surface area contributed by atoms with E-state index < -0.39 is 23.5 Å². The van der Waals surface area contributed by atoms with Gasteiger partial charge in [-0.25, -0.2) is 0 Å². The molecule has 0 aliphatic heterocycles. The van der Waals surface area contributed by atoms with Gasteiger partial charge in [-0.3, -0.25) is 14.4 Å². The number of halogens is 1. The maximum Gasteiger partial charge on any atom is 0.217 e. The minimum absolute atomic E-state index is 0.368. The monoisotopic (exact) mass is 627 g/mol. The van der Waals surface area contributed by atoms with Crippen molar-refractivity contribution in [2.75, 3.05) is 28.4 Å². The number of hydrogen-bond acceptors (Lipinski definition) is 8. The van der Waals surface area contributed by atoms with Gasteiger partial charge in [0.05, 0.1) is 34.5 Å². The summed E-state index contributed by atoms with van der Waals surface area (Å²) in [7, 11) is 6.11. The van der Waals surface area contributed by atoms with Gasteiger partial charge in [-0.1, -0.05) is 24.3 Å². The van der Waals surface area contributed by atoms with E-state index >= 15 is 0 Å². The van der Waals surface area contributed by atoms with Crippen molar-refractivity contribution in [3.8, 4) is 23.0 Å². The van der Waals surface area contributed by atoms with E-state index in [1.807, 2.05) is 5.38 Å². The van der Waals surface area contributed by atoms with Gasteiger partial charge in [0.25, 0.3) is 0 Å². The predicted octanol–water partition coefficient (Wildman–Crippen LogP) is 5.90. The third-order valence-corrected chi connectivity index (χ3v) is 7.67. The third-order valence-electron chi connectivity index (χ3n) is 5.89. The smallest absolute Gasteiger partial charge is 0.217 e. The molecule has 0 fully saturated rings. The lowest BCUT2D eigenvalue weighted by molar-refractivity contribution is -0.129. The number of hydrogen-bond donors (Lipinski definition) is 1. The predicted molar refractivity (Wildman–Crippen MR) is 159 cm³/mol. The average molecular weight is 629 g/mol. The average Bonchev–Trinajstić information content (AvgIpc) is 3.39. The topological polar surface area (TPSA) is 100 Å². The Morgan fingerprint density at radius 3 is 1.62 bits per heavy atom. The molecule has 3 rings (SSSR count). The van der Waals surface area contributed by atoms with Crippen LogP contribution in [0.3, 0.4) is 0 Å². The van der Waals surface area contributed by atoms with Crippen LogP contribution in [0.4, 0.5) is 0 Å². The summed E-state index contributed by atoms with van der Waals surface area (Å²) < 4.78 is 22.0. The highest BCUT2D eigenvalue weighted by atomic mass is 79.9. The summed E-state index contributed by atoms with van der Waals surface area (Å²) in [5.41, 5.74) is 1.35. The summed E-state index contributed by atoms with van der Waals surface area (Å²) in [5, 5.41) is 4.63. The Hall–Kier alpha value is -3.89. The maximum absolute atomic E-state index is 13.6. The van der Waals surface area contributed by atoms with Crippen molar-refractivity contribution < 1.29 is 33.3 Å². The van der Waals surface area contributed by atoms with Gasteiger partial charge in [0, 0.05) is 21.7 Å². The van der Waals surface area contributed by atoms with Crippen LogP contribution in [-0.4, -0.2) is 45.9 Å². The van der Waals surface area contributed by atoms with Crippen LogP contribution in [0.5, 0.6) is 23.0 Å². The standard InChI is InChI=1S/C30H30BrNO7S/c1-18(33)32-30(28-16-21(31)17-40-28)29(22(34)10-6-19-8-12-24(36-2)26(14-19)38-4)23(35)11-7-20-9-13-25(37-3)27(15-20)39-5/h6-17,29-30H,1-5H3,(H,32,33)/b10-6+,11-7+. The molecule has 3 aromatic rings. The number of benzene rings is 2. The first kappa shape index (κ1) is 30.6. The fourth-order valence-corrected chi connectivity index (χ4v) is 5.51. The molecule has 1 aromatic heterocycles. The van der Waals surface area contributed by atoms with E-state index in [0.717, 1.165) is 4.47 Å². The quantitative estimate of drug-likeness (QED) is 0.186. The number of carbonyl (C=O) groups is 3. The van der Waals surface area contributed by atoms with Crippen molar-refractivity contribution in [2.24, 2.45) is 5.92 Å². The van der Waals surface area contributed by atoms with E-state index in [-0.39, 0.29) is 5.91 Å². The number of thiophene rings is 1. The fraction of sp³-hybridized carbons (Fsp3) is 0.233. The molecule has 1 heterocycles. The molecule has 2 aromatic carbocycles. The number of amides is 1. The Kier molecular flexibility index (Phi) is 11.1. The number of allylic oxidation sites excluding steroid dienone is 2. The van der Waals surface area contributed by atoms with Crippen molar-refractivity contribution in [3.63, 3.8) is 0 Å². The molecule has 0 saturated heterocycles. The zero-order chi connectivity index (χ0) is 29.2. The SMILES string of the molecule is COc1ccc(/C=C/C(=O)C(C(=O)/C=C/c2ccc(OC)c(OC)c2)C(NC(C)=O)c2cc(Br)cs2)cc1OC. The minimum Gasteiger partial charge on any atom is -0.493 e. The van der Waals surface area contributed by atoms with Crippen LogP contribution in [0.15, 0.2) is 64.5 Å². The van der Waals surface area contributed by atoms with Crippen LogP contribution >= 0.6 is 27.3 Å². The van der Waals surface area contributed by atoms with E-state index in [1.165, 1.54) is 58.9 Å². The van der Waals surface area contributed by atoms with Gasteiger partial charge >= 0.3 is 0 Å². The number of ketones is 2. The minimum atomic E-state index is -1.22. The summed E-state index contributed by atoms with van der Waals surface area (Å²) in [6.45, 7) is 1.35. The Balaban J connectivity index is 2.00. The lowest BCUT2D eigenvalue weighted by atomic mass is 9.88. The maximum atomic E-state index is 13.6. The molecule has 1 unspecified atom stereocenters. The number of nitrogens with one attached hydrogen (secondary N) is 1. The van der Waals surface area contributed by atoms with E-state index in [1.54, 1.807) is 54.6 Å². The van der Waals surface area contributed by atoms with Gasteiger partial charge in [-0.15, -0.1) is 11.3 Å². The van der Waals surface area contributed by atoms with Gasteiger partial charge in [-0.2, -0.15) is 0 Å². The molecule has 0 bridgehead atoms. The fourth-order valence-electron chi connectivity index (χ4n) is 3.97. The lowest BCUT2D eigenvalue weighted by Crippen LogP contribution is -2.38. The first-order chi connectivity index (χ1) is 19.2. The molecule has 210 valence electrons. The molecule has 10 heteroatoms. The molecule has 1 amide bonds. The molecule has 1 N–H and O–H groups in total. The summed E-state index contributed by atoms with van der Waals surface area (Å²) in [6, 6.07) is 11.3. The Labute approximate surface area is 245 Å². The van der Waals surface area contributed by atoms with Crippen LogP contribution in [-0.2, 0) is 14.4 Å². The second-order valence-electron chi connectivity index (χ2n) is 8.52. The molecule has 0 spiro atoms. The van der Waals surface area contributed by atoms with Crippen LogP contribution in [0.25, 0.3) is 12.2 Å². The normalized spacial score (nSPS) is 12.0. The summed E-state index contributed by atoms with van der Waals surface area (Å²) in [6.07, 6.45) is 5.87. The van der Waals surface area contributed by atoms with Crippen molar-refractivity contribution in [1.82, 2.24) is 5.32 Å². The second kappa shape index (κ2) is 14.5. The van der Waals surface area contributed by atoms with Gasteiger partial charge in [0.2, 0.25) is 5.91 Å². The molecular weight excluding hydrogens is 598 g/mol. The lowest BCUT2D eigenvalue weighted by Gasteiger charge is -2.23. The summed E-state index contributed by atoms with van der Waals surface area (Å²) >= 11 is 4.75. The molecule has 0 radical (unpaired) electrons. The van der Waals surface area contributed by atoms with Crippen LogP contribution in [0, 0.1) is 5.92 Å². The first-order valence-corrected chi connectivity index (χ1v) is 13.8. The zero-order valence-corrected chi connectivity index (χ0v) is 25.1. The van der Waals surface area contributed by atoms with Gasteiger partial charge < -0.3 is 24.3 Å². The van der Waals surface area contributed by atoms with Crippen molar-refractivity contribution in [3.05, 3.63) is 80.5 Å². The van der Waals surface area contributed by atoms with Crippen molar-refractivity contribution in [2.45, 2.75) is 13.0 Å². The molecule has 0 aliphatic rings. The van der Waals surface area contributed by atoms with Crippen LogP contribution in [0.2, 0.25) is 0 Å². The van der Waals surface area contributed by atoms with Crippen LogP contribution in [0.1, 0.15) is 29.0 Å². The largest absolute Gasteiger partial charge is 0.493 e. The zero-order valence-electron chi connectivity index (χ0n) is 22.7. The first-order valence-electron chi connectivity index (χ1n) is 12.1. The van der Waals surface area contributed by atoms with E-state index in [4.69, 9.17) is 18.9 Å². The van der Waals surface area contributed by atoms with Gasteiger partial charge in [0.1, 0.15) is 5.92 Å². The van der Waals surface area contributed by atoms with Crippen LogP contribution < -0.4 is 24.3 Å². The molecule has 1 atom stereocenters. The molecule has 40 heavy (non-hydrogen) atoms. The van der Waals surface area contributed by atoms with E-state index in [2.05, 4.69) is 21.2 Å². The molecule has 8 nitrogen and oxygen atoms in total. The summed E-state index contributed by atoms with van der Waals surface area (Å²) in [5.74, 6) is -0.430. The number of ether oxygens (including phenoxy) is 4. The summed E-state index contributed by atoms with van der Waals surface area (Å²) in [4.78, 5) is 40.1. The van der Waals surface area contributed by atoms with E-state index in [9.17, 15) is 14.4 Å². The highest BCUT2D eigenvalue weighted by Gasteiger charge is 2.35. The van der Waals surface area contributed by atoms with Gasteiger partial charge in [0.15, 0.2) is 34.6 Å². The number of carbonyl (C=O) groups excluding carboxylic acids is 3. The highest BCUT2D eigenvalue weighted by Crippen LogP contribution is 2.33. The molecular formula is C30H30BrNO7S. The molecule has 0 aliphatic carbocycles. The third kappa shape index (κ3) is 7.83. The number of rotatable bonds is 13. The molecule has 0 saturated carbocycles.